The van der Waals surface area contributed by atoms with Gasteiger partial charge in [0.2, 0.25) is 5.91 Å². The second kappa shape index (κ2) is 7.32. The summed E-state index contributed by atoms with van der Waals surface area (Å²) in [5, 5.41) is 9.56. The Hall–Kier alpha value is -1.51. The minimum Gasteiger partial charge on any atom is -0.508 e. The predicted molar refractivity (Wildman–Crippen MR) is 81.9 cm³/mol. The highest BCUT2D eigenvalue weighted by molar-refractivity contribution is 5.93. The molecule has 0 aromatic heterocycles. The first-order valence-corrected chi connectivity index (χ1v) is 7.80. The van der Waals surface area contributed by atoms with E-state index in [1.165, 1.54) is 38.5 Å². The third kappa shape index (κ3) is 3.99. The third-order valence-corrected chi connectivity index (χ3v) is 4.20. The van der Waals surface area contributed by atoms with Gasteiger partial charge in [-0.25, -0.2) is 0 Å². The average Bonchev–Trinajstić information content (AvgIpc) is 2.68. The Kier molecular flexibility index (Phi) is 5.45. The molecule has 0 unspecified atom stereocenters. The molecule has 2 rings (SSSR count). The molecule has 3 heteroatoms. The van der Waals surface area contributed by atoms with Crippen LogP contribution in [0, 0.1) is 5.92 Å². The van der Waals surface area contributed by atoms with E-state index in [2.05, 4.69) is 0 Å². The van der Waals surface area contributed by atoms with Gasteiger partial charge in [0.25, 0.3) is 0 Å². The molecular formula is C17H25NO2. The van der Waals surface area contributed by atoms with E-state index in [4.69, 9.17) is 0 Å². The van der Waals surface area contributed by atoms with E-state index < -0.39 is 0 Å². The van der Waals surface area contributed by atoms with Gasteiger partial charge in [0.05, 0.1) is 0 Å². The number of phenolic OH excluding ortho intramolecular Hbond substituents is 1. The van der Waals surface area contributed by atoms with Crippen LogP contribution in [0.5, 0.6) is 5.75 Å². The lowest BCUT2D eigenvalue weighted by Crippen LogP contribution is -2.32. The van der Waals surface area contributed by atoms with Crippen LogP contribution >= 0.6 is 0 Å². The van der Waals surface area contributed by atoms with Crippen molar-refractivity contribution in [1.82, 2.24) is 0 Å². The quantitative estimate of drug-likeness (QED) is 0.840. The van der Waals surface area contributed by atoms with Crippen LogP contribution in [0.25, 0.3) is 0 Å². The predicted octanol–water partition coefficient (Wildman–Crippen LogP) is 4.11. The van der Waals surface area contributed by atoms with E-state index in [1.54, 1.807) is 23.1 Å². The molecule has 0 heterocycles. The van der Waals surface area contributed by atoms with E-state index in [0.29, 0.717) is 18.9 Å². The first-order valence-electron chi connectivity index (χ1n) is 7.80. The molecule has 1 fully saturated rings. The van der Waals surface area contributed by atoms with Crippen LogP contribution in [0.1, 0.15) is 51.9 Å². The van der Waals surface area contributed by atoms with Crippen molar-refractivity contribution < 1.29 is 9.90 Å². The zero-order chi connectivity index (χ0) is 14.4. The number of aromatic hydroxyl groups is 1. The number of anilines is 1. The fraction of sp³-hybridized carbons (Fsp3) is 0.588. The number of amides is 1. The van der Waals surface area contributed by atoms with E-state index >= 15 is 0 Å². The molecule has 0 aliphatic heterocycles. The van der Waals surface area contributed by atoms with Crippen molar-refractivity contribution in [3.8, 4) is 5.75 Å². The standard InChI is InChI=1S/C17H25NO2/c1-2-18(15-10-7-11-16(19)13-15)17(20)12-14-8-5-3-4-6-9-14/h7,10-11,13-14,19H,2-6,8-9,12H2,1H3. The molecule has 0 atom stereocenters. The van der Waals surface area contributed by atoms with Gasteiger partial charge < -0.3 is 10.0 Å². The largest absolute Gasteiger partial charge is 0.508 e. The van der Waals surface area contributed by atoms with Crippen LogP contribution in [0.4, 0.5) is 5.69 Å². The SMILES string of the molecule is CCN(C(=O)CC1CCCCCC1)c1cccc(O)c1. The van der Waals surface area contributed by atoms with Crippen LogP contribution in [0.3, 0.4) is 0 Å². The number of nitrogens with zero attached hydrogens (tertiary/aromatic N) is 1. The summed E-state index contributed by atoms with van der Waals surface area (Å²) in [4.78, 5) is 14.3. The number of hydrogen-bond acceptors (Lipinski definition) is 2. The molecule has 110 valence electrons. The van der Waals surface area contributed by atoms with Gasteiger partial charge in [-0.1, -0.05) is 31.7 Å². The maximum Gasteiger partial charge on any atom is 0.227 e. The number of carbonyl (C=O) groups excluding carboxylic acids is 1. The lowest BCUT2D eigenvalue weighted by atomic mass is 9.96. The highest BCUT2D eigenvalue weighted by Gasteiger charge is 2.20. The van der Waals surface area contributed by atoms with Crippen molar-refractivity contribution in [2.24, 2.45) is 5.92 Å². The number of carbonyl (C=O) groups is 1. The Morgan fingerprint density at radius 2 is 1.95 bits per heavy atom. The molecule has 0 bridgehead atoms. The monoisotopic (exact) mass is 275 g/mol. The summed E-state index contributed by atoms with van der Waals surface area (Å²) in [5.74, 6) is 0.935. The second-order valence-electron chi connectivity index (χ2n) is 5.72. The first kappa shape index (κ1) is 14.9. The van der Waals surface area contributed by atoms with Gasteiger partial charge in [0, 0.05) is 24.7 Å². The molecule has 1 amide bonds. The van der Waals surface area contributed by atoms with Gasteiger partial charge in [-0.05, 0) is 37.8 Å². The van der Waals surface area contributed by atoms with Crippen molar-refractivity contribution in [2.45, 2.75) is 51.9 Å². The smallest absolute Gasteiger partial charge is 0.227 e. The highest BCUT2D eigenvalue weighted by atomic mass is 16.3. The summed E-state index contributed by atoms with van der Waals surface area (Å²) in [6.45, 7) is 2.63. The zero-order valence-electron chi connectivity index (χ0n) is 12.3. The summed E-state index contributed by atoms with van der Waals surface area (Å²) in [6, 6.07) is 6.96. The topological polar surface area (TPSA) is 40.5 Å². The van der Waals surface area contributed by atoms with Crippen molar-refractivity contribution in [3.63, 3.8) is 0 Å². The maximum atomic E-state index is 12.5. The van der Waals surface area contributed by atoms with Gasteiger partial charge in [0.1, 0.15) is 5.75 Å². The summed E-state index contributed by atoms with van der Waals surface area (Å²) in [7, 11) is 0. The molecule has 0 spiro atoms. The molecule has 0 saturated heterocycles. The number of benzene rings is 1. The van der Waals surface area contributed by atoms with Gasteiger partial charge >= 0.3 is 0 Å². The lowest BCUT2D eigenvalue weighted by molar-refractivity contribution is -0.119. The fourth-order valence-electron chi connectivity index (χ4n) is 3.09. The normalized spacial score (nSPS) is 16.6. The molecule has 3 nitrogen and oxygen atoms in total. The van der Waals surface area contributed by atoms with E-state index in [0.717, 1.165) is 5.69 Å². The van der Waals surface area contributed by atoms with Gasteiger partial charge in [0.15, 0.2) is 0 Å². The van der Waals surface area contributed by atoms with Gasteiger partial charge in [-0.3, -0.25) is 4.79 Å². The van der Waals surface area contributed by atoms with Crippen LogP contribution in [-0.2, 0) is 4.79 Å². The van der Waals surface area contributed by atoms with E-state index in [1.807, 2.05) is 13.0 Å². The minimum absolute atomic E-state index is 0.185. The summed E-state index contributed by atoms with van der Waals surface area (Å²) in [5.41, 5.74) is 0.797. The molecule has 1 saturated carbocycles. The van der Waals surface area contributed by atoms with Crippen molar-refractivity contribution in [2.75, 3.05) is 11.4 Å². The summed E-state index contributed by atoms with van der Waals surface area (Å²) < 4.78 is 0. The van der Waals surface area contributed by atoms with E-state index in [-0.39, 0.29) is 11.7 Å². The van der Waals surface area contributed by atoms with Crippen LogP contribution < -0.4 is 4.90 Å². The van der Waals surface area contributed by atoms with E-state index in [9.17, 15) is 9.90 Å². The number of hydrogen-bond donors (Lipinski definition) is 1. The molecule has 0 radical (unpaired) electrons. The number of phenols is 1. The Labute approximate surface area is 121 Å². The second-order valence-corrected chi connectivity index (χ2v) is 5.72. The Bertz CT molecular complexity index is 436. The number of rotatable bonds is 4. The van der Waals surface area contributed by atoms with Crippen molar-refractivity contribution in [3.05, 3.63) is 24.3 Å². The van der Waals surface area contributed by atoms with Crippen molar-refractivity contribution in [1.29, 1.82) is 0 Å². The first-order chi connectivity index (χ1) is 9.70. The van der Waals surface area contributed by atoms with Crippen LogP contribution in [0.15, 0.2) is 24.3 Å². The van der Waals surface area contributed by atoms with Gasteiger partial charge in [-0.15, -0.1) is 0 Å². The summed E-state index contributed by atoms with van der Waals surface area (Å²) in [6.07, 6.45) is 8.16. The Morgan fingerprint density at radius 1 is 1.25 bits per heavy atom. The maximum absolute atomic E-state index is 12.5. The highest BCUT2D eigenvalue weighted by Crippen LogP contribution is 2.27. The van der Waals surface area contributed by atoms with Crippen LogP contribution in [0.2, 0.25) is 0 Å². The summed E-state index contributed by atoms with van der Waals surface area (Å²) >= 11 is 0. The van der Waals surface area contributed by atoms with Crippen molar-refractivity contribution >= 4 is 11.6 Å². The molecule has 1 aliphatic rings. The lowest BCUT2D eigenvalue weighted by Gasteiger charge is -2.23. The fourth-order valence-corrected chi connectivity index (χ4v) is 3.09. The third-order valence-electron chi connectivity index (χ3n) is 4.20. The zero-order valence-corrected chi connectivity index (χ0v) is 12.3. The Balaban J connectivity index is 2.01. The molecule has 1 aromatic rings. The molecule has 1 aliphatic carbocycles. The molecule has 20 heavy (non-hydrogen) atoms. The molecule has 1 aromatic carbocycles. The minimum atomic E-state index is 0.185. The van der Waals surface area contributed by atoms with Crippen LogP contribution in [-0.4, -0.2) is 17.6 Å². The molecule has 1 N–H and O–H groups in total. The average molecular weight is 275 g/mol. The Morgan fingerprint density at radius 3 is 2.55 bits per heavy atom. The van der Waals surface area contributed by atoms with Gasteiger partial charge in [-0.2, -0.15) is 0 Å². The molecular weight excluding hydrogens is 250 g/mol.